The van der Waals surface area contributed by atoms with Crippen LogP contribution in [-0.4, -0.2) is 30.8 Å². The van der Waals surface area contributed by atoms with Gasteiger partial charge in [-0.25, -0.2) is 4.98 Å². The third-order valence-electron chi connectivity index (χ3n) is 6.22. The maximum atomic E-state index is 13.7. The van der Waals surface area contributed by atoms with E-state index in [9.17, 15) is 10.0 Å². The van der Waals surface area contributed by atoms with Gasteiger partial charge in [0.1, 0.15) is 5.82 Å². The van der Waals surface area contributed by atoms with Crippen LogP contribution >= 0.6 is 0 Å². The first kappa shape index (κ1) is 18.4. The highest BCUT2D eigenvalue weighted by Crippen LogP contribution is 2.42. The van der Waals surface area contributed by atoms with Crippen LogP contribution in [-0.2, 0) is 13.6 Å². The Balaban J connectivity index is 1.70. The van der Waals surface area contributed by atoms with Crippen LogP contribution in [0.1, 0.15) is 39.8 Å². The van der Waals surface area contributed by atoms with Crippen molar-refractivity contribution in [3.63, 3.8) is 0 Å². The number of rotatable bonds is 4. The molecule has 1 aliphatic carbocycles. The Morgan fingerprint density at radius 3 is 2.87 bits per heavy atom. The Morgan fingerprint density at radius 2 is 2.17 bits per heavy atom. The van der Waals surface area contributed by atoms with Crippen LogP contribution in [0.5, 0.6) is 0 Å². The fourth-order valence-corrected chi connectivity index (χ4v) is 4.76. The minimum Gasteiger partial charge on any atom is -0.472 e. The van der Waals surface area contributed by atoms with Gasteiger partial charge in [0.25, 0.3) is 0 Å². The molecule has 7 nitrogen and oxygen atoms in total. The second-order valence-corrected chi connectivity index (χ2v) is 7.81. The maximum absolute atomic E-state index is 13.7. The van der Waals surface area contributed by atoms with E-state index >= 15 is 0 Å². The first-order valence-electron chi connectivity index (χ1n) is 9.94. The van der Waals surface area contributed by atoms with E-state index in [1.54, 1.807) is 24.8 Å². The molecular weight excluding hydrogens is 380 g/mol. The van der Waals surface area contributed by atoms with Gasteiger partial charge in [-0.05, 0) is 25.5 Å². The van der Waals surface area contributed by atoms with E-state index in [2.05, 4.69) is 14.7 Å². The molecule has 0 aliphatic heterocycles. The van der Waals surface area contributed by atoms with Gasteiger partial charge >= 0.3 is 0 Å². The lowest BCUT2D eigenvalue weighted by atomic mass is 9.75. The molecule has 0 saturated heterocycles. The monoisotopic (exact) mass is 402 g/mol. The Labute approximate surface area is 173 Å². The number of hydrogen-bond acceptors (Lipinski definition) is 5. The van der Waals surface area contributed by atoms with Crippen molar-refractivity contribution in [2.45, 2.75) is 25.8 Å². The third-order valence-corrected chi connectivity index (χ3v) is 6.22. The highest BCUT2D eigenvalue weighted by molar-refractivity contribution is 6.15. The fraction of sp³-hybridized carbons (Fsp3) is 0.261. The molecule has 2 atom stereocenters. The summed E-state index contributed by atoms with van der Waals surface area (Å²) in [6.45, 7) is 2.47. The van der Waals surface area contributed by atoms with Gasteiger partial charge in [-0.1, -0.05) is 23.4 Å². The molecular formula is C23H22N4O3. The van der Waals surface area contributed by atoms with Crippen LogP contribution < -0.4 is 0 Å². The van der Waals surface area contributed by atoms with Crippen molar-refractivity contribution >= 4 is 22.4 Å². The number of hydrogen-bond donors (Lipinski definition) is 1. The number of carbonyl (C=O) groups excluding carboxylic acids is 1. The third kappa shape index (κ3) is 2.69. The van der Waals surface area contributed by atoms with Gasteiger partial charge in [0.15, 0.2) is 5.78 Å². The average Bonchev–Trinajstić information content (AvgIpc) is 3.48. The molecule has 30 heavy (non-hydrogen) atoms. The summed E-state index contributed by atoms with van der Waals surface area (Å²) in [6.07, 6.45) is 7.31. The molecule has 0 radical (unpaired) electrons. The lowest BCUT2D eigenvalue weighted by Crippen LogP contribution is -2.33. The maximum Gasteiger partial charge on any atom is 0.170 e. The van der Waals surface area contributed by atoms with E-state index in [0.29, 0.717) is 24.2 Å². The first-order valence-corrected chi connectivity index (χ1v) is 9.94. The quantitative estimate of drug-likeness (QED) is 0.316. The molecule has 1 N–H and O–H groups in total. The Bertz CT molecular complexity index is 1260. The molecule has 0 fully saturated rings. The highest BCUT2D eigenvalue weighted by atomic mass is 16.4. The predicted octanol–water partition coefficient (Wildman–Crippen LogP) is 4.14. The van der Waals surface area contributed by atoms with Crippen LogP contribution in [0.25, 0.3) is 10.9 Å². The van der Waals surface area contributed by atoms with Crippen molar-refractivity contribution in [1.82, 2.24) is 14.1 Å². The standard InChI is InChI=1S/C23H22N4O3/c1-14-24-8-9-27(14)12-16-11-18(21(25-29)15-7-10-30-13-15)22-20(23(16)28)17-5-3-4-6-19(17)26(22)2/h3-10,13,16,18,29H,11-12H2,1-2H3. The lowest BCUT2D eigenvalue weighted by Gasteiger charge is -2.30. The summed E-state index contributed by atoms with van der Waals surface area (Å²) in [5.41, 5.74) is 3.82. The number of fused-ring (bicyclic) bond motifs is 3. The average molecular weight is 402 g/mol. The summed E-state index contributed by atoms with van der Waals surface area (Å²) in [4.78, 5) is 17.9. The molecule has 1 aromatic carbocycles. The number of nitrogens with zero attached hydrogens (tertiary/aromatic N) is 4. The Hall–Kier alpha value is -3.61. The number of aromatic nitrogens is 3. The highest BCUT2D eigenvalue weighted by Gasteiger charge is 2.40. The van der Waals surface area contributed by atoms with Gasteiger partial charge in [0, 0.05) is 65.5 Å². The van der Waals surface area contributed by atoms with E-state index in [1.807, 2.05) is 49.0 Å². The van der Waals surface area contributed by atoms with Crippen molar-refractivity contribution in [3.8, 4) is 0 Å². The fourth-order valence-electron chi connectivity index (χ4n) is 4.76. The SMILES string of the molecule is Cc1nccn1CC1CC(C(=NO)c2ccoc2)c2c(c3ccccc3n2C)C1=O. The molecule has 2 unspecified atom stereocenters. The summed E-state index contributed by atoms with van der Waals surface area (Å²) >= 11 is 0. The molecule has 0 bridgehead atoms. The Kier molecular flexibility index (Phi) is 4.31. The normalized spacial score (nSPS) is 19.4. The number of aryl methyl sites for hydroxylation is 2. The second kappa shape index (κ2) is 7.02. The largest absolute Gasteiger partial charge is 0.472 e. The topological polar surface area (TPSA) is 85.5 Å². The van der Waals surface area contributed by atoms with Gasteiger partial charge in [-0.3, -0.25) is 4.79 Å². The van der Waals surface area contributed by atoms with Crippen molar-refractivity contribution in [2.24, 2.45) is 18.1 Å². The Morgan fingerprint density at radius 1 is 1.33 bits per heavy atom. The van der Waals surface area contributed by atoms with Gasteiger partial charge in [0.2, 0.25) is 0 Å². The number of Topliss-reactive ketones (excluding diaryl/α,β-unsaturated/α-hetero) is 1. The molecule has 3 aromatic heterocycles. The number of oxime groups is 1. The van der Waals surface area contributed by atoms with Crippen molar-refractivity contribution < 1.29 is 14.4 Å². The van der Waals surface area contributed by atoms with Crippen LogP contribution in [0.3, 0.4) is 0 Å². The number of furan rings is 1. The summed E-state index contributed by atoms with van der Waals surface area (Å²) in [7, 11) is 1.96. The smallest absolute Gasteiger partial charge is 0.170 e. The molecule has 0 saturated carbocycles. The minimum atomic E-state index is -0.259. The van der Waals surface area contributed by atoms with Gasteiger partial charge in [-0.2, -0.15) is 0 Å². The zero-order chi connectivity index (χ0) is 20.8. The van der Waals surface area contributed by atoms with E-state index < -0.39 is 0 Å². The number of imidazole rings is 1. The summed E-state index contributed by atoms with van der Waals surface area (Å²) in [5.74, 6) is 0.487. The lowest BCUT2D eigenvalue weighted by molar-refractivity contribution is 0.0884. The molecule has 5 rings (SSSR count). The number of para-hydroxylation sites is 1. The summed E-state index contributed by atoms with van der Waals surface area (Å²) in [5, 5.41) is 14.5. The van der Waals surface area contributed by atoms with Crippen LogP contribution in [0.15, 0.2) is 64.8 Å². The zero-order valence-electron chi connectivity index (χ0n) is 16.8. The summed E-state index contributed by atoms with van der Waals surface area (Å²) in [6, 6.07) is 9.70. The first-order chi connectivity index (χ1) is 14.6. The van der Waals surface area contributed by atoms with Gasteiger partial charge in [0.05, 0.1) is 18.2 Å². The van der Waals surface area contributed by atoms with E-state index in [-0.39, 0.29) is 17.6 Å². The minimum absolute atomic E-state index is 0.121. The molecule has 4 aromatic rings. The molecule has 3 heterocycles. The van der Waals surface area contributed by atoms with Crippen molar-refractivity contribution in [3.05, 3.63) is 77.9 Å². The van der Waals surface area contributed by atoms with Crippen molar-refractivity contribution in [2.75, 3.05) is 0 Å². The van der Waals surface area contributed by atoms with E-state index in [0.717, 1.165) is 28.0 Å². The second-order valence-electron chi connectivity index (χ2n) is 7.81. The van der Waals surface area contributed by atoms with Gasteiger partial charge < -0.3 is 18.8 Å². The molecule has 7 heteroatoms. The zero-order valence-corrected chi connectivity index (χ0v) is 16.8. The molecule has 152 valence electrons. The van der Waals surface area contributed by atoms with E-state index in [1.165, 1.54) is 0 Å². The van der Waals surface area contributed by atoms with Gasteiger partial charge in [-0.15, -0.1) is 0 Å². The van der Waals surface area contributed by atoms with Crippen LogP contribution in [0, 0.1) is 12.8 Å². The molecule has 0 amide bonds. The summed E-state index contributed by atoms with van der Waals surface area (Å²) < 4.78 is 9.29. The number of ketones is 1. The van der Waals surface area contributed by atoms with Crippen LogP contribution in [0.2, 0.25) is 0 Å². The number of carbonyl (C=O) groups is 1. The van der Waals surface area contributed by atoms with Crippen molar-refractivity contribution in [1.29, 1.82) is 0 Å². The molecule has 1 aliphatic rings. The van der Waals surface area contributed by atoms with E-state index in [4.69, 9.17) is 4.42 Å². The van der Waals surface area contributed by atoms with Crippen LogP contribution in [0.4, 0.5) is 0 Å². The molecule has 0 spiro atoms. The number of benzene rings is 1. The predicted molar refractivity (Wildman–Crippen MR) is 112 cm³/mol.